The third-order valence-electron chi connectivity index (χ3n) is 6.59. The molecule has 220 valence electrons. The molecule has 7 nitrogen and oxygen atoms in total. The first kappa shape index (κ1) is 29.5. The summed E-state index contributed by atoms with van der Waals surface area (Å²) in [7, 11) is 4.38. The molecule has 0 fully saturated rings. The van der Waals surface area contributed by atoms with Gasteiger partial charge in [0.1, 0.15) is 5.01 Å². The zero-order valence-corrected chi connectivity index (χ0v) is 24.6. The zero-order chi connectivity index (χ0) is 30.5. The first-order valence-corrected chi connectivity index (χ1v) is 14.0. The van der Waals surface area contributed by atoms with Crippen LogP contribution in [0.2, 0.25) is 0 Å². The maximum atomic E-state index is 13.7. The summed E-state index contributed by atoms with van der Waals surface area (Å²) in [6.45, 7) is -0.956. The summed E-state index contributed by atoms with van der Waals surface area (Å²) in [6, 6.07) is 23.2. The Morgan fingerprint density at radius 3 is 2.23 bits per heavy atom. The van der Waals surface area contributed by atoms with Crippen molar-refractivity contribution in [1.29, 1.82) is 0 Å². The number of alkyl halides is 2. The number of fused-ring (bicyclic) bond motifs is 1. The number of rotatable bonds is 10. The van der Waals surface area contributed by atoms with Crippen molar-refractivity contribution in [3.8, 4) is 33.6 Å². The van der Waals surface area contributed by atoms with Crippen LogP contribution in [-0.4, -0.2) is 38.8 Å². The minimum atomic E-state index is -3.01. The maximum Gasteiger partial charge on any atom is 0.387 e. The number of anilines is 1. The van der Waals surface area contributed by atoms with Gasteiger partial charge in [-0.15, -0.1) is 11.3 Å². The fraction of sp³-hybridized carbons (Fsp3) is 0.152. The van der Waals surface area contributed by atoms with E-state index in [2.05, 4.69) is 23.0 Å². The number of methoxy groups -OCH3 is 3. The summed E-state index contributed by atoms with van der Waals surface area (Å²) in [4.78, 5) is 18.5. The molecule has 0 spiro atoms. The monoisotopic (exact) mass is 602 g/mol. The lowest BCUT2D eigenvalue weighted by atomic mass is 10.0. The van der Waals surface area contributed by atoms with Gasteiger partial charge in [0.05, 0.1) is 31.5 Å². The molecule has 5 rings (SSSR count). The van der Waals surface area contributed by atoms with Crippen LogP contribution in [0.5, 0.6) is 23.0 Å². The van der Waals surface area contributed by atoms with Crippen LogP contribution in [0.3, 0.4) is 0 Å². The van der Waals surface area contributed by atoms with Gasteiger partial charge in [-0.3, -0.25) is 4.79 Å². The second kappa shape index (κ2) is 12.9. The van der Waals surface area contributed by atoms with Crippen LogP contribution >= 0.6 is 11.3 Å². The molecule has 0 unspecified atom stereocenters. The fourth-order valence-electron chi connectivity index (χ4n) is 4.47. The van der Waals surface area contributed by atoms with Gasteiger partial charge in [0.15, 0.2) is 23.0 Å². The predicted octanol–water partition coefficient (Wildman–Crippen LogP) is 8.08. The number of hydrogen-bond donors (Lipinski definition) is 1. The average Bonchev–Trinajstić information content (AvgIpc) is 3.43. The van der Waals surface area contributed by atoms with Gasteiger partial charge in [-0.1, -0.05) is 18.2 Å². The Hall–Kier alpha value is -4.96. The standard InChI is InChI=1S/C33H28F2N2O5S/c1-19-5-12-25-30(15-19)43-32(37-25)21-7-10-23(11-8-21)36-31(38)24(22-9-14-26(39-2)29(18-22)41-4)16-20-6-13-27(42-33(34)35)28(17-20)40-3/h5-18,33H,1-4H3,(H,36,38)/b24-16-. The van der Waals surface area contributed by atoms with Gasteiger partial charge in [0.2, 0.25) is 0 Å². The van der Waals surface area contributed by atoms with Crippen LogP contribution in [0.4, 0.5) is 14.5 Å². The average molecular weight is 603 g/mol. The van der Waals surface area contributed by atoms with Crippen molar-refractivity contribution in [3.63, 3.8) is 0 Å². The summed E-state index contributed by atoms with van der Waals surface area (Å²) < 4.78 is 47.4. The minimum absolute atomic E-state index is 0.0988. The minimum Gasteiger partial charge on any atom is -0.493 e. The highest BCUT2D eigenvalue weighted by atomic mass is 32.1. The third kappa shape index (κ3) is 6.76. The van der Waals surface area contributed by atoms with E-state index >= 15 is 0 Å². The number of thiazole rings is 1. The summed E-state index contributed by atoms with van der Waals surface area (Å²) >= 11 is 1.61. The van der Waals surface area contributed by atoms with Crippen molar-refractivity contribution in [2.24, 2.45) is 0 Å². The number of nitrogens with one attached hydrogen (secondary N) is 1. The van der Waals surface area contributed by atoms with Crippen LogP contribution in [-0.2, 0) is 4.79 Å². The highest BCUT2D eigenvalue weighted by molar-refractivity contribution is 7.21. The Bertz CT molecular complexity index is 1800. The number of carbonyl (C=O) groups is 1. The lowest BCUT2D eigenvalue weighted by Gasteiger charge is -2.14. The quantitative estimate of drug-likeness (QED) is 0.129. The molecular formula is C33H28F2N2O5S. The van der Waals surface area contributed by atoms with Crippen LogP contribution in [0.25, 0.3) is 32.4 Å². The van der Waals surface area contributed by atoms with Crippen molar-refractivity contribution in [3.05, 3.63) is 95.6 Å². The molecule has 0 saturated carbocycles. The van der Waals surface area contributed by atoms with Crippen molar-refractivity contribution in [1.82, 2.24) is 4.98 Å². The van der Waals surface area contributed by atoms with E-state index in [0.29, 0.717) is 28.3 Å². The third-order valence-corrected chi connectivity index (χ3v) is 7.65. The fourth-order valence-corrected chi connectivity index (χ4v) is 5.54. The molecule has 0 radical (unpaired) electrons. The Morgan fingerprint density at radius 2 is 1.53 bits per heavy atom. The van der Waals surface area contributed by atoms with Gasteiger partial charge < -0.3 is 24.3 Å². The normalized spacial score (nSPS) is 11.5. The van der Waals surface area contributed by atoms with Crippen LogP contribution in [0.15, 0.2) is 78.9 Å². The molecule has 10 heteroatoms. The van der Waals surface area contributed by atoms with E-state index in [-0.39, 0.29) is 17.1 Å². The highest BCUT2D eigenvalue weighted by Gasteiger charge is 2.17. The lowest BCUT2D eigenvalue weighted by molar-refractivity contribution is -0.111. The molecule has 0 aliphatic carbocycles. The first-order valence-electron chi connectivity index (χ1n) is 13.1. The van der Waals surface area contributed by atoms with Gasteiger partial charge >= 0.3 is 6.61 Å². The number of ether oxygens (including phenoxy) is 4. The van der Waals surface area contributed by atoms with Crippen molar-refractivity contribution >= 4 is 44.8 Å². The van der Waals surface area contributed by atoms with E-state index in [9.17, 15) is 13.6 Å². The van der Waals surface area contributed by atoms with E-state index in [0.717, 1.165) is 20.8 Å². The van der Waals surface area contributed by atoms with Gasteiger partial charge in [0, 0.05) is 16.8 Å². The maximum absolute atomic E-state index is 13.7. The second-order valence-corrected chi connectivity index (χ2v) is 10.5. The molecule has 4 aromatic carbocycles. The van der Waals surface area contributed by atoms with Gasteiger partial charge in [0.25, 0.3) is 5.91 Å². The molecule has 0 aliphatic heterocycles. The Morgan fingerprint density at radius 1 is 0.837 bits per heavy atom. The number of halogens is 2. The van der Waals surface area contributed by atoms with E-state index in [1.165, 1.54) is 39.0 Å². The Labute approximate surface area is 251 Å². The van der Waals surface area contributed by atoms with E-state index in [4.69, 9.17) is 19.2 Å². The molecule has 0 bridgehead atoms. The van der Waals surface area contributed by atoms with E-state index in [1.807, 2.05) is 36.4 Å². The number of aromatic nitrogens is 1. The van der Waals surface area contributed by atoms with E-state index in [1.54, 1.807) is 41.7 Å². The second-order valence-electron chi connectivity index (χ2n) is 9.44. The van der Waals surface area contributed by atoms with Gasteiger partial charge in [-0.25, -0.2) is 4.98 Å². The molecule has 1 amide bonds. The lowest BCUT2D eigenvalue weighted by Crippen LogP contribution is -2.14. The topological polar surface area (TPSA) is 78.9 Å². The van der Waals surface area contributed by atoms with Gasteiger partial charge in [-0.05, 0) is 90.4 Å². The molecule has 0 saturated heterocycles. The Balaban J connectivity index is 1.47. The Kier molecular flexibility index (Phi) is 8.87. The van der Waals surface area contributed by atoms with Crippen LogP contribution < -0.4 is 24.3 Å². The van der Waals surface area contributed by atoms with Crippen molar-refractivity contribution in [2.45, 2.75) is 13.5 Å². The number of amides is 1. The molecule has 1 N–H and O–H groups in total. The zero-order valence-electron chi connectivity index (χ0n) is 23.8. The highest BCUT2D eigenvalue weighted by Crippen LogP contribution is 2.35. The molecule has 1 aromatic heterocycles. The van der Waals surface area contributed by atoms with E-state index < -0.39 is 12.5 Å². The summed E-state index contributed by atoms with van der Waals surface area (Å²) in [5.41, 5.74) is 4.99. The van der Waals surface area contributed by atoms with Gasteiger partial charge in [-0.2, -0.15) is 8.78 Å². The smallest absolute Gasteiger partial charge is 0.387 e. The number of aryl methyl sites for hydroxylation is 1. The molecule has 1 heterocycles. The molecule has 5 aromatic rings. The summed E-state index contributed by atoms with van der Waals surface area (Å²) in [5.74, 6) is 0.522. The largest absolute Gasteiger partial charge is 0.493 e. The number of nitrogens with zero attached hydrogens (tertiary/aromatic N) is 1. The number of benzene rings is 4. The molecule has 0 aliphatic rings. The predicted molar refractivity (Wildman–Crippen MR) is 165 cm³/mol. The molecule has 43 heavy (non-hydrogen) atoms. The van der Waals surface area contributed by atoms with Crippen molar-refractivity contribution in [2.75, 3.05) is 26.6 Å². The van der Waals surface area contributed by atoms with Crippen LogP contribution in [0, 0.1) is 6.92 Å². The number of carbonyl (C=O) groups excluding carboxylic acids is 1. The molecule has 0 atom stereocenters. The van der Waals surface area contributed by atoms with Crippen LogP contribution in [0.1, 0.15) is 16.7 Å². The summed E-state index contributed by atoms with van der Waals surface area (Å²) in [6.07, 6.45) is 1.63. The SMILES string of the molecule is COc1ccc(/C(=C/c2ccc(OC(F)F)c(OC)c2)C(=O)Nc2ccc(-c3nc4ccc(C)cc4s3)cc2)cc1OC. The van der Waals surface area contributed by atoms with Crippen molar-refractivity contribution < 1.29 is 32.5 Å². The number of hydrogen-bond acceptors (Lipinski definition) is 7. The molecular weight excluding hydrogens is 574 g/mol. The summed E-state index contributed by atoms with van der Waals surface area (Å²) in [5, 5.41) is 3.84. The first-order chi connectivity index (χ1) is 20.8.